The third-order valence-corrected chi connectivity index (χ3v) is 5.76. The number of aryl methyl sites for hydroxylation is 2. The van der Waals surface area contributed by atoms with E-state index in [2.05, 4.69) is 22.0 Å². The van der Waals surface area contributed by atoms with Crippen LogP contribution in [-0.4, -0.2) is 51.4 Å². The maximum atomic E-state index is 12.9. The molecule has 150 valence electrons. The predicted molar refractivity (Wildman–Crippen MR) is 114 cm³/mol. The van der Waals surface area contributed by atoms with Crippen molar-refractivity contribution < 1.29 is 10.2 Å². The summed E-state index contributed by atoms with van der Waals surface area (Å²) in [5.41, 5.74) is 3.05. The first kappa shape index (κ1) is 20.7. The summed E-state index contributed by atoms with van der Waals surface area (Å²) >= 11 is 1.54. The Bertz CT molecular complexity index is 971. The highest BCUT2D eigenvalue weighted by molar-refractivity contribution is 7.19. The number of thiophene rings is 1. The summed E-state index contributed by atoms with van der Waals surface area (Å²) in [6, 6.07) is 8.19. The van der Waals surface area contributed by atoms with Crippen molar-refractivity contribution in [3.63, 3.8) is 0 Å². The van der Waals surface area contributed by atoms with Crippen LogP contribution in [0.1, 0.15) is 29.1 Å². The normalized spacial score (nSPS) is 11.6. The smallest absolute Gasteiger partial charge is 0.260 e. The van der Waals surface area contributed by atoms with Crippen LogP contribution in [0.4, 0.5) is 0 Å². The van der Waals surface area contributed by atoms with Gasteiger partial charge in [-0.25, -0.2) is 4.98 Å². The number of aliphatic hydroxyl groups excluding tert-OH is 2. The van der Waals surface area contributed by atoms with E-state index in [1.54, 1.807) is 0 Å². The third-order valence-electron chi connectivity index (χ3n) is 4.77. The second kappa shape index (κ2) is 9.43. The number of hydrogen-bond acceptors (Lipinski definition) is 6. The van der Waals surface area contributed by atoms with Crippen LogP contribution in [0.15, 0.2) is 29.1 Å². The third kappa shape index (κ3) is 4.67. The highest BCUT2D eigenvalue weighted by Crippen LogP contribution is 2.35. The number of aliphatic hydroxyl groups is 2. The molecule has 2 heterocycles. The van der Waals surface area contributed by atoms with Crippen LogP contribution in [0.2, 0.25) is 0 Å². The van der Waals surface area contributed by atoms with E-state index in [9.17, 15) is 4.79 Å². The molecule has 3 aromatic rings. The monoisotopic (exact) mass is 401 g/mol. The zero-order valence-electron chi connectivity index (χ0n) is 16.4. The Morgan fingerprint density at radius 2 is 1.71 bits per heavy atom. The largest absolute Gasteiger partial charge is 0.396 e. The van der Waals surface area contributed by atoms with Crippen molar-refractivity contribution >= 4 is 21.6 Å². The first-order chi connectivity index (χ1) is 13.5. The zero-order valence-corrected chi connectivity index (χ0v) is 17.2. The van der Waals surface area contributed by atoms with Crippen LogP contribution >= 0.6 is 11.3 Å². The van der Waals surface area contributed by atoms with Gasteiger partial charge in [0.2, 0.25) is 0 Å². The van der Waals surface area contributed by atoms with Crippen molar-refractivity contribution in [2.75, 3.05) is 26.3 Å². The number of nitrogens with zero attached hydrogens (tertiary/aromatic N) is 2. The fourth-order valence-electron chi connectivity index (χ4n) is 3.38. The SMILES string of the molecule is Cc1ccc(-c2c(C)sc3nc(CN(CCCO)CCCO)[nH]c(=O)c23)cc1. The second-order valence-corrected chi connectivity index (χ2v) is 8.23. The molecule has 0 saturated heterocycles. The summed E-state index contributed by atoms with van der Waals surface area (Å²) < 4.78 is 0. The van der Waals surface area contributed by atoms with Crippen LogP contribution in [0.5, 0.6) is 0 Å². The van der Waals surface area contributed by atoms with E-state index in [0.717, 1.165) is 20.8 Å². The highest BCUT2D eigenvalue weighted by Gasteiger charge is 2.17. The molecule has 3 N–H and O–H groups in total. The van der Waals surface area contributed by atoms with E-state index in [1.165, 1.54) is 16.9 Å². The lowest BCUT2D eigenvalue weighted by molar-refractivity contribution is 0.194. The number of H-pyrrole nitrogens is 1. The van der Waals surface area contributed by atoms with Gasteiger partial charge in [0.15, 0.2) is 0 Å². The molecule has 0 atom stereocenters. The van der Waals surface area contributed by atoms with E-state index in [4.69, 9.17) is 15.2 Å². The molecule has 0 radical (unpaired) electrons. The maximum absolute atomic E-state index is 12.9. The summed E-state index contributed by atoms with van der Waals surface area (Å²) in [6.45, 7) is 6.16. The first-order valence-electron chi connectivity index (χ1n) is 9.57. The standard InChI is InChI=1S/C21H27N3O3S/c1-14-5-7-16(8-6-14)18-15(2)28-21-19(18)20(27)22-17(23-21)13-24(9-3-11-25)10-4-12-26/h5-8,25-26H,3-4,9-13H2,1-2H3,(H,22,23,27). The lowest BCUT2D eigenvalue weighted by Crippen LogP contribution is -2.29. The Morgan fingerprint density at radius 1 is 1.07 bits per heavy atom. The van der Waals surface area contributed by atoms with Gasteiger partial charge in [0, 0.05) is 36.7 Å². The van der Waals surface area contributed by atoms with Gasteiger partial charge >= 0.3 is 0 Å². The quantitative estimate of drug-likeness (QED) is 0.513. The van der Waals surface area contributed by atoms with Gasteiger partial charge in [0.25, 0.3) is 5.56 Å². The molecule has 0 bridgehead atoms. The molecule has 28 heavy (non-hydrogen) atoms. The molecular weight excluding hydrogens is 374 g/mol. The molecule has 0 spiro atoms. The molecule has 0 aliphatic carbocycles. The molecule has 2 aromatic heterocycles. The summed E-state index contributed by atoms with van der Waals surface area (Å²) in [5, 5.41) is 18.9. The Balaban J connectivity index is 1.95. The summed E-state index contributed by atoms with van der Waals surface area (Å²) in [7, 11) is 0. The lowest BCUT2D eigenvalue weighted by Gasteiger charge is -2.20. The van der Waals surface area contributed by atoms with Crippen LogP contribution in [0.3, 0.4) is 0 Å². The molecule has 0 amide bonds. The highest BCUT2D eigenvalue weighted by atomic mass is 32.1. The fraction of sp³-hybridized carbons (Fsp3) is 0.429. The van der Waals surface area contributed by atoms with Gasteiger partial charge in [0.05, 0.1) is 11.9 Å². The molecule has 1 aromatic carbocycles. The van der Waals surface area contributed by atoms with E-state index < -0.39 is 0 Å². The minimum atomic E-state index is -0.121. The van der Waals surface area contributed by atoms with Crippen molar-refractivity contribution in [2.24, 2.45) is 0 Å². The van der Waals surface area contributed by atoms with Crippen LogP contribution < -0.4 is 5.56 Å². The molecule has 0 unspecified atom stereocenters. The number of nitrogens with one attached hydrogen (secondary N) is 1. The Hall–Kier alpha value is -2.06. The van der Waals surface area contributed by atoms with Crippen LogP contribution in [-0.2, 0) is 6.54 Å². The number of aromatic amines is 1. The van der Waals surface area contributed by atoms with Crippen LogP contribution in [0, 0.1) is 13.8 Å². The van der Waals surface area contributed by atoms with E-state index in [1.807, 2.05) is 26.0 Å². The Morgan fingerprint density at radius 3 is 2.32 bits per heavy atom. The Labute approximate surface area is 168 Å². The van der Waals surface area contributed by atoms with Crippen molar-refractivity contribution in [3.05, 3.63) is 50.9 Å². The molecule has 6 nitrogen and oxygen atoms in total. The molecule has 0 aliphatic heterocycles. The number of benzene rings is 1. The molecule has 3 rings (SSSR count). The van der Waals surface area contributed by atoms with E-state index in [-0.39, 0.29) is 18.8 Å². The average molecular weight is 402 g/mol. The van der Waals surface area contributed by atoms with Gasteiger partial charge in [-0.2, -0.15) is 0 Å². The minimum absolute atomic E-state index is 0.114. The number of rotatable bonds is 9. The number of aromatic nitrogens is 2. The van der Waals surface area contributed by atoms with E-state index in [0.29, 0.717) is 43.7 Å². The fourth-order valence-corrected chi connectivity index (χ4v) is 4.44. The van der Waals surface area contributed by atoms with Crippen molar-refractivity contribution in [1.29, 1.82) is 0 Å². The number of fused-ring (bicyclic) bond motifs is 1. The molecule has 0 aliphatic rings. The molecular formula is C21H27N3O3S. The maximum Gasteiger partial charge on any atom is 0.260 e. The second-order valence-electron chi connectivity index (χ2n) is 7.02. The zero-order chi connectivity index (χ0) is 20.1. The van der Waals surface area contributed by atoms with Gasteiger partial charge in [-0.3, -0.25) is 9.69 Å². The van der Waals surface area contributed by atoms with Crippen molar-refractivity contribution in [2.45, 2.75) is 33.2 Å². The van der Waals surface area contributed by atoms with E-state index >= 15 is 0 Å². The summed E-state index contributed by atoms with van der Waals surface area (Å²) in [5.74, 6) is 0.616. The van der Waals surface area contributed by atoms with Gasteiger partial charge < -0.3 is 15.2 Å². The topological polar surface area (TPSA) is 89.4 Å². The molecule has 0 fully saturated rings. The van der Waals surface area contributed by atoms with Gasteiger partial charge in [0.1, 0.15) is 10.7 Å². The summed E-state index contributed by atoms with van der Waals surface area (Å²) in [6.07, 6.45) is 1.29. The molecule has 0 saturated carbocycles. The van der Waals surface area contributed by atoms with Crippen molar-refractivity contribution in [1.82, 2.24) is 14.9 Å². The van der Waals surface area contributed by atoms with Crippen molar-refractivity contribution in [3.8, 4) is 11.1 Å². The lowest BCUT2D eigenvalue weighted by atomic mass is 10.0. The average Bonchev–Trinajstić information content (AvgIpc) is 3.01. The van der Waals surface area contributed by atoms with Crippen LogP contribution in [0.25, 0.3) is 21.3 Å². The number of hydrogen-bond donors (Lipinski definition) is 3. The Kier molecular flexibility index (Phi) is 6.96. The summed E-state index contributed by atoms with van der Waals surface area (Å²) in [4.78, 5) is 24.5. The molecule has 7 heteroatoms. The minimum Gasteiger partial charge on any atom is -0.396 e. The van der Waals surface area contributed by atoms with Gasteiger partial charge in [-0.15, -0.1) is 11.3 Å². The first-order valence-corrected chi connectivity index (χ1v) is 10.4. The van der Waals surface area contributed by atoms with Gasteiger partial charge in [-0.1, -0.05) is 29.8 Å². The van der Waals surface area contributed by atoms with Gasteiger partial charge in [-0.05, 0) is 32.3 Å². The predicted octanol–water partition coefficient (Wildman–Crippen LogP) is 2.84.